The molecule has 2 aromatic carbocycles. The first-order valence-electron chi connectivity index (χ1n) is 9.77. The van der Waals surface area contributed by atoms with Crippen LogP contribution in [-0.2, 0) is 11.3 Å². The molecule has 1 saturated heterocycles. The number of amides is 1. The fourth-order valence-corrected chi connectivity index (χ4v) is 4.21. The van der Waals surface area contributed by atoms with E-state index in [2.05, 4.69) is 0 Å². The Morgan fingerprint density at radius 2 is 1.83 bits per heavy atom. The number of hydrogen-bond donors (Lipinski definition) is 1. The van der Waals surface area contributed by atoms with Crippen molar-refractivity contribution in [2.45, 2.75) is 19.9 Å². The fourth-order valence-electron chi connectivity index (χ4n) is 4.21. The minimum Gasteiger partial charge on any atom is -0.481 e. The number of rotatable bonds is 4. The molecule has 1 aromatic heterocycles. The van der Waals surface area contributed by atoms with Crippen LogP contribution in [0.4, 0.5) is 4.39 Å². The highest BCUT2D eigenvalue weighted by molar-refractivity contribution is 5.99. The lowest BCUT2D eigenvalue weighted by Gasteiger charge is -2.34. The highest BCUT2D eigenvalue weighted by Crippen LogP contribution is 2.27. The molecule has 3 aromatic rings. The lowest BCUT2D eigenvalue weighted by molar-refractivity contribution is -0.143. The summed E-state index contributed by atoms with van der Waals surface area (Å²) in [5.74, 6) is -1.86. The molecular formula is C23H23FN2O3. The third kappa shape index (κ3) is 3.75. The van der Waals surface area contributed by atoms with Crippen LogP contribution in [0.1, 0.15) is 29.4 Å². The molecule has 0 radical (unpaired) electrons. The molecule has 150 valence electrons. The molecule has 6 heteroatoms. The van der Waals surface area contributed by atoms with Crippen molar-refractivity contribution in [2.75, 3.05) is 13.1 Å². The summed E-state index contributed by atoms with van der Waals surface area (Å²) in [6.45, 7) is 2.90. The molecule has 29 heavy (non-hydrogen) atoms. The average Bonchev–Trinajstić information content (AvgIpc) is 3.07. The number of benzene rings is 2. The number of carbonyl (C=O) groups is 2. The van der Waals surface area contributed by atoms with Crippen molar-refractivity contribution in [3.05, 3.63) is 71.7 Å². The Balaban J connectivity index is 1.74. The molecular weight excluding hydrogens is 371 g/mol. The number of carboxylic acids is 1. The molecule has 1 aliphatic rings. The molecule has 2 heterocycles. The van der Waals surface area contributed by atoms with Gasteiger partial charge in [-0.3, -0.25) is 9.59 Å². The zero-order valence-electron chi connectivity index (χ0n) is 16.2. The normalized spacial score (nSPS) is 19.4. The second-order valence-electron chi connectivity index (χ2n) is 7.85. The molecule has 1 fully saturated rings. The van der Waals surface area contributed by atoms with E-state index in [0.29, 0.717) is 24.2 Å². The van der Waals surface area contributed by atoms with E-state index in [9.17, 15) is 19.1 Å². The van der Waals surface area contributed by atoms with Crippen molar-refractivity contribution in [3.63, 3.8) is 0 Å². The first-order valence-corrected chi connectivity index (χ1v) is 9.77. The number of fused-ring (bicyclic) bond motifs is 1. The number of carbonyl (C=O) groups excluding carboxylic acids is 1. The lowest BCUT2D eigenvalue weighted by atomic mass is 9.90. The smallest absolute Gasteiger partial charge is 0.308 e. The number of nitrogens with zero attached hydrogens (tertiary/aromatic N) is 2. The molecule has 0 spiro atoms. The van der Waals surface area contributed by atoms with E-state index in [1.54, 1.807) is 23.1 Å². The van der Waals surface area contributed by atoms with Gasteiger partial charge in [-0.2, -0.15) is 0 Å². The summed E-state index contributed by atoms with van der Waals surface area (Å²) in [4.78, 5) is 26.5. The number of aliphatic carboxylic acids is 1. The van der Waals surface area contributed by atoms with Crippen molar-refractivity contribution in [1.29, 1.82) is 0 Å². The molecule has 2 atom stereocenters. The van der Waals surface area contributed by atoms with Crippen molar-refractivity contribution < 1.29 is 19.1 Å². The minimum absolute atomic E-state index is 0.109. The predicted molar refractivity (Wildman–Crippen MR) is 108 cm³/mol. The summed E-state index contributed by atoms with van der Waals surface area (Å²) in [5, 5.41) is 10.3. The van der Waals surface area contributed by atoms with Crippen molar-refractivity contribution in [1.82, 2.24) is 9.47 Å². The quantitative estimate of drug-likeness (QED) is 0.727. The van der Waals surface area contributed by atoms with Gasteiger partial charge in [-0.05, 0) is 30.5 Å². The van der Waals surface area contributed by atoms with Crippen LogP contribution in [0.3, 0.4) is 0 Å². The monoisotopic (exact) mass is 394 g/mol. The van der Waals surface area contributed by atoms with Gasteiger partial charge in [0.2, 0.25) is 0 Å². The zero-order valence-corrected chi connectivity index (χ0v) is 16.2. The number of para-hydroxylation sites is 1. The van der Waals surface area contributed by atoms with Gasteiger partial charge in [0.1, 0.15) is 11.5 Å². The van der Waals surface area contributed by atoms with Gasteiger partial charge in [0.15, 0.2) is 0 Å². The van der Waals surface area contributed by atoms with Crippen LogP contribution in [0.15, 0.2) is 54.6 Å². The SMILES string of the molecule is CC1CC(C(=O)O)CN(C(=O)c2cc3ccccc3n2Cc2ccccc2F)C1. The van der Waals surface area contributed by atoms with Crippen molar-refractivity contribution >= 4 is 22.8 Å². The summed E-state index contributed by atoms with van der Waals surface area (Å²) >= 11 is 0. The summed E-state index contributed by atoms with van der Waals surface area (Å²) in [7, 11) is 0. The van der Waals surface area contributed by atoms with Gasteiger partial charge in [0.05, 0.1) is 12.5 Å². The van der Waals surface area contributed by atoms with E-state index in [1.807, 2.05) is 41.8 Å². The Bertz CT molecular complexity index is 1070. The summed E-state index contributed by atoms with van der Waals surface area (Å²) in [6, 6.07) is 16.0. The van der Waals surface area contributed by atoms with E-state index in [-0.39, 0.29) is 30.7 Å². The van der Waals surface area contributed by atoms with Crippen LogP contribution in [-0.4, -0.2) is 39.5 Å². The second-order valence-corrected chi connectivity index (χ2v) is 7.85. The molecule has 2 unspecified atom stereocenters. The second kappa shape index (κ2) is 7.70. The Labute approximate surface area is 168 Å². The lowest BCUT2D eigenvalue weighted by Crippen LogP contribution is -2.46. The van der Waals surface area contributed by atoms with Gasteiger partial charge in [-0.15, -0.1) is 0 Å². The Kier molecular flexibility index (Phi) is 5.09. The number of piperidine rings is 1. The maximum absolute atomic E-state index is 14.3. The number of halogens is 1. The maximum Gasteiger partial charge on any atom is 0.308 e. The number of aromatic nitrogens is 1. The topological polar surface area (TPSA) is 62.5 Å². The largest absolute Gasteiger partial charge is 0.481 e. The number of carboxylic acid groups (broad SMARTS) is 1. The highest BCUT2D eigenvalue weighted by Gasteiger charge is 2.33. The molecule has 0 saturated carbocycles. The minimum atomic E-state index is -0.874. The Morgan fingerprint density at radius 1 is 1.10 bits per heavy atom. The van der Waals surface area contributed by atoms with Gasteiger partial charge in [-0.1, -0.05) is 43.3 Å². The van der Waals surface area contributed by atoms with E-state index in [1.165, 1.54) is 6.07 Å². The summed E-state index contributed by atoms with van der Waals surface area (Å²) < 4.78 is 16.1. The Hall–Kier alpha value is -3.15. The predicted octanol–water partition coefficient (Wildman–Crippen LogP) is 4.01. The van der Waals surface area contributed by atoms with E-state index < -0.39 is 11.9 Å². The molecule has 5 nitrogen and oxygen atoms in total. The first kappa shape index (κ1) is 19.2. The molecule has 0 bridgehead atoms. The maximum atomic E-state index is 14.3. The molecule has 0 aliphatic carbocycles. The van der Waals surface area contributed by atoms with E-state index in [0.717, 1.165) is 10.9 Å². The van der Waals surface area contributed by atoms with E-state index in [4.69, 9.17) is 0 Å². The molecule has 1 N–H and O–H groups in total. The molecule has 1 aliphatic heterocycles. The Morgan fingerprint density at radius 3 is 2.59 bits per heavy atom. The average molecular weight is 394 g/mol. The highest BCUT2D eigenvalue weighted by atomic mass is 19.1. The van der Waals surface area contributed by atoms with Crippen molar-refractivity contribution in [3.8, 4) is 0 Å². The summed E-state index contributed by atoms with van der Waals surface area (Å²) in [6.07, 6.45) is 0.567. The van der Waals surface area contributed by atoms with Gasteiger partial charge >= 0.3 is 5.97 Å². The third-order valence-electron chi connectivity index (χ3n) is 5.61. The summed E-state index contributed by atoms with van der Waals surface area (Å²) in [5.41, 5.74) is 1.80. The van der Waals surface area contributed by atoms with Gasteiger partial charge in [0.25, 0.3) is 5.91 Å². The van der Waals surface area contributed by atoms with Crippen molar-refractivity contribution in [2.24, 2.45) is 11.8 Å². The zero-order chi connectivity index (χ0) is 20.5. The van der Waals surface area contributed by atoms with Gasteiger partial charge in [0, 0.05) is 29.6 Å². The van der Waals surface area contributed by atoms with Gasteiger partial charge in [-0.25, -0.2) is 4.39 Å². The van der Waals surface area contributed by atoms with Crippen LogP contribution >= 0.6 is 0 Å². The molecule has 4 rings (SSSR count). The van der Waals surface area contributed by atoms with Crippen LogP contribution < -0.4 is 0 Å². The standard InChI is InChI=1S/C23H23FN2O3/c1-15-10-18(23(28)29)13-25(12-15)22(27)21-11-16-6-3-5-9-20(16)26(21)14-17-7-2-4-8-19(17)24/h2-9,11,15,18H,10,12-14H2,1H3,(H,28,29). The fraction of sp³-hybridized carbons (Fsp3) is 0.304. The van der Waals surface area contributed by atoms with E-state index >= 15 is 0 Å². The van der Waals surface area contributed by atoms with Crippen LogP contribution in [0.25, 0.3) is 10.9 Å². The number of hydrogen-bond acceptors (Lipinski definition) is 2. The van der Waals surface area contributed by atoms with Crippen LogP contribution in [0.5, 0.6) is 0 Å². The molecule has 1 amide bonds. The van der Waals surface area contributed by atoms with Gasteiger partial charge < -0.3 is 14.6 Å². The first-order chi connectivity index (χ1) is 13.9. The third-order valence-corrected chi connectivity index (χ3v) is 5.61. The number of likely N-dealkylation sites (tertiary alicyclic amines) is 1. The van der Waals surface area contributed by atoms with Crippen LogP contribution in [0.2, 0.25) is 0 Å². The van der Waals surface area contributed by atoms with Crippen LogP contribution in [0, 0.1) is 17.7 Å².